The monoisotopic (exact) mass is 214 g/mol. The Bertz CT molecular complexity index is 513. The van der Waals surface area contributed by atoms with E-state index in [1.807, 2.05) is 6.26 Å². The lowest BCUT2D eigenvalue weighted by molar-refractivity contribution is 0.612. The molecule has 1 aromatic heterocycles. The molecule has 0 aliphatic carbocycles. The van der Waals surface area contributed by atoms with Crippen LogP contribution in [0, 0.1) is 6.92 Å². The van der Waals surface area contributed by atoms with Gasteiger partial charge in [-0.2, -0.15) is 0 Å². The third kappa shape index (κ3) is 2.35. The normalized spacial score (nSPS) is 10.7. The molecule has 2 rings (SSSR count). The van der Waals surface area contributed by atoms with Crippen molar-refractivity contribution in [1.82, 2.24) is 0 Å². The lowest BCUT2D eigenvalue weighted by Crippen LogP contribution is -1.83. The zero-order chi connectivity index (χ0) is 11.5. The molecular weight excluding hydrogens is 196 g/mol. The molecule has 0 unspecified atom stereocenters. The number of hydrogen-bond donors (Lipinski definition) is 0. The first kappa shape index (κ1) is 11.0. The van der Waals surface area contributed by atoms with E-state index < -0.39 is 0 Å². The first-order chi connectivity index (χ1) is 7.66. The number of aryl methyl sites for hydroxylation is 2. The molecule has 0 radical (unpaired) electrons. The van der Waals surface area contributed by atoms with Crippen LogP contribution in [0.1, 0.15) is 31.4 Å². The van der Waals surface area contributed by atoms with Gasteiger partial charge in [-0.3, -0.25) is 0 Å². The Hall–Kier alpha value is -1.50. The van der Waals surface area contributed by atoms with Crippen LogP contribution < -0.4 is 0 Å². The Morgan fingerprint density at radius 2 is 2.12 bits per heavy atom. The number of fused-ring (bicyclic) bond motifs is 1. The third-order valence-electron chi connectivity index (χ3n) is 2.82. The van der Waals surface area contributed by atoms with Crippen LogP contribution in [-0.4, -0.2) is 0 Å². The molecule has 16 heavy (non-hydrogen) atoms. The van der Waals surface area contributed by atoms with Crippen molar-refractivity contribution in [2.24, 2.45) is 0 Å². The lowest BCUT2D eigenvalue weighted by Gasteiger charge is -1.99. The largest absolute Gasteiger partial charge is 0.464 e. The van der Waals surface area contributed by atoms with Gasteiger partial charge in [0.25, 0.3) is 0 Å². The molecule has 0 atom stereocenters. The average molecular weight is 214 g/mol. The van der Waals surface area contributed by atoms with Gasteiger partial charge in [-0.1, -0.05) is 23.8 Å². The van der Waals surface area contributed by atoms with Crippen molar-refractivity contribution in [1.29, 1.82) is 0 Å². The molecule has 1 heterocycles. The Balaban J connectivity index is 2.17. The summed E-state index contributed by atoms with van der Waals surface area (Å²) < 4.78 is 5.50. The van der Waals surface area contributed by atoms with Gasteiger partial charge in [0.1, 0.15) is 5.58 Å². The van der Waals surface area contributed by atoms with Crippen LogP contribution >= 0.6 is 0 Å². The van der Waals surface area contributed by atoms with Crippen molar-refractivity contribution in [2.75, 3.05) is 0 Å². The fourth-order valence-corrected chi connectivity index (χ4v) is 1.89. The molecule has 0 amide bonds. The quantitative estimate of drug-likeness (QED) is 0.678. The topological polar surface area (TPSA) is 13.1 Å². The maximum Gasteiger partial charge on any atom is 0.134 e. The lowest BCUT2D eigenvalue weighted by atomic mass is 10.1. The fraction of sp³-hybridized carbons (Fsp3) is 0.333. The number of rotatable bonds is 3. The second-order valence-corrected chi connectivity index (χ2v) is 4.57. The SMILES string of the molecule is CC(C)=CCCc1ccc2c(C)coc2c1. The smallest absolute Gasteiger partial charge is 0.134 e. The van der Waals surface area contributed by atoms with Crippen LogP contribution in [0.3, 0.4) is 0 Å². The molecule has 0 bridgehead atoms. The van der Waals surface area contributed by atoms with Crippen LogP contribution in [0.25, 0.3) is 11.0 Å². The van der Waals surface area contributed by atoms with Crippen molar-refractivity contribution in [3.63, 3.8) is 0 Å². The maximum absolute atomic E-state index is 5.50. The van der Waals surface area contributed by atoms with Gasteiger partial charge in [0, 0.05) is 5.39 Å². The zero-order valence-electron chi connectivity index (χ0n) is 10.2. The van der Waals surface area contributed by atoms with Gasteiger partial charge in [0.15, 0.2) is 0 Å². The minimum atomic E-state index is 1.01. The first-order valence-electron chi connectivity index (χ1n) is 5.77. The highest BCUT2D eigenvalue weighted by atomic mass is 16.3. The summed E-state index contributed by atoms with van der Waals surface area (Å²) in [6.45, 7) is 6.35. The van der Waals surface area contributed by atoms with Gasteiger partial charge < -0.3 is 4.42 Å². The van der Waals surface area contributed by atoms with E-state index in [0.29, 0.717) is 0 Å². The molecule has 1 nitrogen and oxygen atoms in total. The van der Waals surface area contributed by atoms with E-state index in [9.17, 15) is 0 Å². The third-order valence-corrected chi connectivity index (χ3v) is 2.82. The Morgan fingerprint density at radius 1 is 1.31 bits per heavy atom. The van der Waals surface area contributed by atoms with Crippen LogP contribution in [0.4, 0.5) is 0 Å². The summed E-state index contributed by atoms with van der Waals surface area (Å²) >= 11 is 0. The highest BCUT2D eigenvalue weighted by molar-refractivity contribution is 5.81. The number of benzene rings is 1. The minimum absolute atomic E-state index is 1.01. The molecule has 1 heteroatoms. The molecule has 0 fully saturated rings. The van der Waals surface area contributed by atoms with E-state index in [1.54, 1.807) is 0 Å². The molecule has 0 aliphatic rings. The average Bonchev–Trinajstić information content (AvgIpc) is 2.60. The van der Waals surface area contributed by atoms with Gasteiger partial charge in [-0.25, -0.2) is 0 Å². The fourth-order valence-electron chi connectivity index (χ4n) is 1.89. The summed E-state index contributed by atoms with van der Waals surface area (Å²) in [4.78, 5) is 0. The molecule has 1 aromatic carbocycles. The van der Waals surface area contributed by atoms with E-state index >= 15 is 0 Å². The number of hydrogen-bond acceptors (Lipinski definition) is 1. The van der Waals surface area contributed by atoms with Crippen molar-refractivity contribution in [3.8, 4) is 0 Å². The molecular formula is C15H18O. The van der Waals surface area contributed by atoms with Crippen molar-refractivity contribution < 1.29 is 4.42 Å². The summed E-state index contributed by atoms with van der Waals surface area (Å²) in [7, 11) is 0. The second kappa shape index (κ2) is 4.56. The standard InChI is InChI=1S/C15H18O/c1-11(2)5-4-6-13-7-8-14-12(3)10-16-15(14)9-13/h5,7-10H,4,6H2,1-3H3. The predicted molar refractivity (Wildman–Crippen MR) is 68.7 cm³/mol. The summed E-state index contributed by atoms with van der Waals surface area (Å²) in [6, 6.07) is 6.51. The van der Waals surface area contributed by atoms with E-state index in [4.69, 9.17) is 4.42 Å². The Morgan fingerprint density at radius 3 is 2.88 bits per heavy atom. The molecule has 0 spiro atoms. The number of furan rings is 1. The zero-order valence-corrected chi connectivity index (χ0v) is 10.2. The summed E-state index contributed by atoms with van der Waals surface area (Å²) in [5, 5.41) is 1.23. The van der Waals surface area contributed by atoms with Gasteiger partial charge in [-0.05, 0) is 50.8 Å². The highest BCUT2D eigenvalue weighted by Crippen LogP contribution is 2.22. The van der Waals surface area contributed by atoms with E-state index in [2.05, 4.69) is 45.0 Å². The van der Waals surface area contributed by atoms with E-state index in [1.165, 1.54) is 22.1 Å². The minimum Gasteiger partial charge on any atom is -0.464 e. The summed E-state index contributed by atoms with van der Waals surface area (Å²) in [6.07, 6.45) is 6.29. The van der Waals surface area contributed by atoms with Gasteiger partial charge in [-0.15, -0.1) is 0 Å². The van der Waals surface area contributed by atoms with Crippen LogP contribution in [0.15, 0.2) is 40.5 Å². The van der Waals surface area contributed by atoms with Gasteiger partial charge in [0.2, 0.25) is 0 Å². The van der Waals surface area contributed by atoms with Gasteiger partial charge >= 0.3 is 0 Å². The first-order valence-corrected chi connectivity index (χ1v) is 5.77. The summed E-state index contributed by atoms with van der Waals surface area (Å²) in [5.74, 6) is 0. The van der Waals surface area contributed by atoms with E-state index in [0.717, 1.165) is 18.4 Å². The Labute approximate surface area is 96.8 Å². The molecule has 84 valence electrons. The van der Waals surface area contributed by atoms with Crippen molar-refractivity contribution in [3.05, 3.63) is 47.2 Å². The molecule has 0 saturated heterocycles. The predicted octanol–water partition coefficient (Wildman–Crippen LogP) is 4.64. The van der Waals surface area contributed by atoms with Gasteiger partial charge in [0.05, 0.1) is 6.26 Å². The molecule has 2 aromatic rings. The van der Waals surface area contributed by atoms with Crippen LogP contribution in [-0.2, 0) is 6.42 Å². The number of allylic oxidation sites excluding steroid dienone is 2. The molecule has 0 saturated carbocycles. The summed E-state index contributed by atoms with van der Waals surface area (Å²) in [5.41, 5.74) is 4.95. The molecule has 0 aliphatic heterocycles. The van der Waals surface area contributed by atoms with Crippen molar-refractivity contribution >= 4 is 11.0 Å². The van der Waals surface area contributed by atoms with E-state index in [-0.39, 0.29) is 0 Å². The highest BCUT2D eigenvalue weighted by Gasteiger charge is 2.02. The van der Waals surface area contributed by atoms with Crippen LogP contribution in [0.2, 0.25) is 0 Å². The van der Waals surface area contributed by atoms with Crippen molar-refractivity contribution in [2.45, 2.75) is 33.6 Å². The Kier molecular flexibility index (Phi) is 3.14. The second-order valence-electron chi connectivity index (χ2n) is 4.57. The van der Waals surface area contributed by atoms with Crippen LogP contribution in [0.5, 0.6) is 0 Å². The molecule has 0 N–H and O–H groups in total. The maximum atomic E-state index is 5.50.